The van der Waals surface area contributed by atoms with Crippen molar-refractivity contribution in [2.75, 3.05) is 6.61 Å². The maximum absolute atomic E-state index is 12.9. The summed E-state index contributed by atoms with van der Waals surface area (Å²) in [5.41, 5.74) is -0.0208. The van der Waals surface area contributed by atoms with Gasteiger partial charge in [0.2, 0.25) is 5.75 Å². The molecule has 0 aliphatic rings. The summed E-state index contributed by atoms with van der Waals surface area (Å²) in [5, 5.41) is 11.7. The summed E-state index contributed by atoms with van der Waals surface area (Å²) in [6.07, 6.45) is 6.59. The fourth-order valence-electron chi connectivity index (χ4n) is 2.98. The van der Waals surface area contributed by atoms with E-state index in [4.69, 9.17) is 9.47 Å². The number of fused-ring (bicyclic) bond motifs is 1. The summed E-state index contributed by atoms with van der Waals surface area (Å²) in [4.78, 5) is 23.6. The number of hydrogen-bond donors (Lipinski definition) is 0. The van der Waals surface area contributed by atoms with Gasteiger partial charge in [-0.05, 0) is 25.5 Å². The Morgan fingerprint density at radius 3 is 2.57 bits per heavy atom. The van der Waals surface area contributed by atoms with E-state index in [1.165, 1.54) is 16.7 Å². The van der Waals surface area contributed by atoms with Gasteiger partial charge in [0.1, 0.15) is 0 Å². The Hall–Kier alpha value is -2.83. The van der Waals surface area contributed by atoms with Crippen LogP contribution in [0.5, 0.6) is 11.5 Å². The zero-order valence-corrected chi connectivity index (χ0v) is 17.0. The van der Waals surface area contributed by atoms with Crippen molar-refractivity contribution in [3.05, 3.63) is 50.5 Å². The predicted octanol–water partition coefficient (Wildman–Crippen LogP) is 5.10. The summed E-state index contributed by atoms with van der Waals surface area (Å²) >= 11 is 0. The molecule has 2 aromatic rings. The molecule has 7 nitrogen and oxygen atoms in total. The van der Waals surface area contributed by atoms with Gasteiger partial charge < -0.3 is 14.0 Å². The fourth-order valence-corrected chi connectivity index (χ4v) is 2.98. The Morgan fingerprint density at radius 1 is 1.21 bits per heavy atom. The molecule has 1 aromatic heterocycles. The van der Waals surface area contributed by atoms with Crippen LogP contribution in [0.2, 0.25) is 0 Å². The van der Waals surface area contributed by atoms with Crippen LogP contribution in [0, 0.1) is 10.1 Å². The van der Waals surface area contributed by atoms with Crippen molar-refractivity contribution in [1.82, 2.24) is 4.57 Å². The molecule has 0 saturated heterocycles. The van der Waals surface area contributed by atoms with Gasteiger partial charge in [0.25, 0.3) is 11.2 Å². The number of unbranched alkanes of at least 4 members (excludes halogenated alkanes) is 3. The van der Waals surface area contributed by atoms with Gasteiger partial charge in [0.15, 0.2) is 5.75 Å². The molecule has 28 heavy (non-hydrogen) atoms. The monoisotopic (exact) mass is 388 g/mol. The number of benzene rings is 1. The van der Waals surface area contributed by atoms with Crippen LogP contribution in [0.25, 0.3) is 10.9 Å². The first-order valence-corrected chi connectivity index (χ1v) is 9.71. The lowest BCUT2D eigenvalue weighted by atomic mass is 10.1. The van der Waals surface area contributed by atoms with Crippen molar-refractivity contribution in [3.8, 4) is 11.5 Å². The van der Waals surface area contributed by atoms with Gasteiger partial charge in [-0.15, -0.1) is 0 Å². The van der Waals surface area contributed by atoms with E-state index in [0.29, 0.717) is 35.4 Å². The van der Waals surface area contributed by atoms with Gasteiger partial charge in [-0.3, -0.25) is 14.9 Å². The second kappa shape index (κ2) is 9.92. The van der Waals surface area contributed by atoms with Crippen LogP contribution in [0.1, 0.15) is 52.9 Å². The number of aryl methyl sites for hydroxylation is 1. The smallest absolute Gasteiger partial charge is 0.297 e. The fraction of sp³-hybridized carbons (Fsp3) is 0.476. The quantitative estimate of drug-likeness (QED) is 0.245. The lowest BCUT2D eigenvalue weighted by molar-refractivity contribution is -0.384. The summed E-state index contributed by atoms with van der Waals surface area (Å²) < 4.78 is 13.2. The SMILES string of the molecule is CC=C(CC)Oc1c(OCCCCCC)c(=O)n(C)c2cc([N+](=O)[O-])ccc12. The molecule has 1 aromatic carbocycles. The second-order valence-corrected chi connectivity index (χ2v) is 6.60. The Labute approximate surface area is 164 Å². The van der Waals surface area contributed by atoms with Crippen molar-refractivity contribution in [2.45, 2.75) is 52.9 Å². The predicted molar refractivity (Wildman–Crippen MR) is 110 cm³/mol. The van der Waals surface area contributed by atoms with Crippen LogP contribution in [0.4, 0.5) is 5.69 Å². The molecule has 0 aliphatic carbocycles. The van der Waals surface area contributed by atoms with E-state index in [1.807, 2.05) is 19.9 Å². The van der Waals surface area contributed by atoms with Crippen LogP contribution in [-0.2, 0) is 7.05 Å². The van der Waals surface area contributed by atoms with Crippen LogP contribution in [0.15, 0.2) is 34.8 Å². The van der Waals surface area contributed by atoms with Gasteiger partial charge in [-0.1, -0.05) is 33.1 Å². The number of nitro benzene ring substituents is 1. The molecule has 0 spiro atoms. The number of ether oxygens (including phenoxy) is 2. The van der Waals surface area contributed by atoms with Crippen molar-refractivity contribution in [3.63, 3.8) is 0 Å². The third-order valence-electron chi connectivity index (χ3n) is 4.65. The molecule has 0 aliphatic heterocycles. The molecule has 2 rings (SSSR count). The third-order valence-corrected chi connectivity index (χ3v) is 4.65. The number of hydrogen-bond acceptors (Lipinski definition) is 5. The Balaban J connectivity index is 2.58. The highest BCUT2D eigenvalue weighted by atomic mass is 16.6. The Bertz CT molecular complexity index is 931. The average Bonchev–Trinajstić information content (AvgIpc) is 2.70. The minimum atomic E-state index is -0.480. The number of non-ortho nitro benzene ring substituents is 1. The van der Waals surface area contributed by atoms with E-state index in [-0.39, 0.29) is 17.0 Å². The molecular formula is C21H28N2O5. The number of rotatable bonds is 10. The first-order valence-electron chi connectivity index (χ1n) is 9.71. The normalized spacial score (nSPS) is 11.6. The van der Waals surface area contributed by atoms with E-state index >= 15 is 0 Å². The number of aromatic nitrogens is 1. The summed E-state index contributed by atoms with van der Waals surface area (Å²) in [7, 11) is 1.58. The maximum atomic E-state index is 12.9. The summed E-state index contributed by atoms with van der Waals surface area (Å²) in [6.45, 7) is 6.36. The molecule has 0 radical (unpaired) electrons. The first kappa shape index (κ1) is 21.5. The van der Waals surface area contributed by atoms with Gasteiger partial charge in [-0.25, -0.2) is 0 Å². The molecule has 1 heterocycles. The zero-order chi connectivity index (χ0) is 20.7. The van der Waals surface area contributed by atoms with Crippen LogP contribution in [-0.4, -0.2) is 16.1 Å². The number of nitro groups is 1. The second-order valence-electron chi connectivity index (χ2n) is 6.60. The van der Waals surface area contributed by atoms with Crippen molar-refractivity contribution >= 4 is 16.6 Å². The Morgan fingerprint density at radius 2 is 1.96 bits per heavy atom. The molecular weight excluding hydrogens is 360 g/mol. The molecule has 0 bridgehead atoms. The number of pyridine rings is 1. The highest BCUT2D eigenvalue weighted by molar-refractivity contribution is 5.89. The van der Waals surface area contributed by atoms with E-state index in [1.54, 1.807) is 13.1 Å². The van der Waals surface area contributed by atoms with Gasteiger partial charge in [0.05, 0.1) is 22.8 Å². The third kappa shape index (κ3) is 4.71. The minimum absolute atomic E-state index is 0.0802. The van der Waals surface area contributed by atoms with E-state index in [2.05, 4.69) is 6.92 Å². The van der Waals surface area contributed by atoms with Gasteiger partial charge in [0, 0.05) is 31.0 Å². The standard InChI is InChI=1S/C21H28N2O5/c1-5-8-9-10-13-27-20-19(28-16(6-2)7-3)17-12-11-15(23(25)26)14-18(17)22(4)21(20)24/h6,11-12,14H,5,7-10,13H2,1-4H3. The highest BCUT2D eigenvalue weighted by Gasteiger charge is 2.21. The van der Waals surface area contributed by atoms with Crippen LogP contribution in [0.3, 0.4) is 0 Å². The Kier molecular flexibility index (Phi) is 7.61. The largest absolute Gasteiger partial charge is 0.485 e. The first-order chi connectivity index (χ1) is 13.4. The van der Waals surface area contributed by atoms with Crippen molar-refractivity contribution in [1.29, 1.82) is 0 Å². The van der Waals surface area contributed by atoms with Gasteiger partial charge >= 0.3 is 0 Å². The number of allylic oxidation sites excluding steroid dienone is 2. The highest BCUT2D eigenvalue weighted by Crippen LogP contribution is 2.36. The van der Waals surface area contributed by atoms with Crippen molar-refractivity contribution in [2.24, 2.45) is 7.05 Å². The van der Waals surface area contributed by atoms with E-state index in [9.17, 15) is 14.9 Å². The summed E-state index contributed by atoms with van der Waals surface area (Å²) in [6, 6.07) is 4.40. The zero-order valence-electron chi connectivity index (χ0n) is 17.0. The molecule has 0 unspecified atom stereocenters. The summed E-state index contributed by atoms with van der Waals surface area (Å²) in [5.74, 6) is 1.16. The molecule has 0 saturated carbocycles. The van der Waals surface area contributed by atoms with E-state index < -0.39 is 4.92 Å². The molecule has 0 atom stereocenters. The molecule has 7 heteroatoms. The molecule has 152 valence electrons. The number of nitrogens with zero attached hydrogens (tertiary/aromatic N) is 2. The van der Waals surface area contributed by atoms with Gasteiger partial charge in [-0.2, -0.15) is 0 Å². The topological polar surface area (TPSA) is 83.6 Å². The lowest BCUT2D eigenvalue weighted by Gasteiger charge is -2.17. The lowest BCUT2D eigenvalue weighted by Crippen LogP contribution is -2.21. The van der Waals surface area contributed by atoms with Crippen molar-refractivity contribution < 1.29 is 14.4 Å². The average molecular weight is 388 g/mol. The molecule has 0 N–H and O–H groups in total. The van der Waals surface area contributed by atoms with E-state index in [0.717, 1.165) is 25.7 Å². The van der Waals surface area contributed by atoms with Crippen LogP contribution >= 0.6 is 0 Å². The maximum Gasteiger partial charge on any atom is 0.297 e. The molecule has 0 amide bonds. The minimum Gasteiger partial charge on any atom is -0.485 e. The molecule has 0 fully saturated rings. The van der Waals surface area contributed by atoms with Crippen LogP contribution < -0.4 is 15.0 Å².